The fourth-order valence-corrected chi connectivity index (χ4v) is 8.72. The lowest BCUT2D eigenvalue weighted by Crippen LogP contribution is -2.41. The molecule has 0 fully saturated rings. The topological polar surface area (TPSA) is 48.6 Å². The fourth-order valence-electron chi connectivity index (χ4n) is 8.72. The van der Waals surface area contributed by atoms with Crippen molar-refractivity contribution < 1.29 is 9.47 Å². The maximum atomic E-state index is 7.15. The fraction of sp³-hybridized carbons (Fsp3) is 0.345. The van der Waals surface area contributed by atoms with Crippen molar-refractivity contribution in [1.82, 2.24) is 9.55 Å². The van der Waals surface area contributed by atoms with Gasteiger partial charge in [0.2, 0.25) is 5.90 Å². The SMILES string of the molecule is CC(C)c1cccc(C(C)C)c1-c1cc(Oc2cc(-n3c4ccc(C(C)(C)C)cc4c4cccnc43)cc(C(C)(C)C)c2)cc(C2=N[C@](C)(c3ccccc3)C(C)(C)O2)c1. The smallest absolute Gasteiger partial charge is 0.217 e. The summed E-state index contributed by atoms with van der Waals surface area (Å²) in [6.07, 6.45) is 1.89. The van der Waals surface area contributed by atoms with Gasteiger partial charge in [0, 0.05) is 28.6 Å². The Morgan fingerprint density at radius 2 is 1.27 bits per heavy atom. The molecule has 60 heavy (non-hydrogen) atoms. The third-order valence-corrected chi connectivity index (χ3v) is 12.6. The van der Waals surface area contributed by atoms with Crippen LogP contribution in [0, 0.1) is 0 Å². The van der Waals surface area contributed by atoms with E-state index < -0.39 is 11.1 Å². The molecule has 1 aliphatic heterocycles. The molecule has 308 valence electrons. The Hall–Kier alpha value is -5.68. The number of hydrogen-bond acceptors (Lipinski definition) is 4. The number of benzene rings is 5. The summed E-state index contributed by atoms with van der Waals surface area (Å²) in [6.45, 7) is 29.1. The number of ether oxygens (including phenoxy) is 2. The lowest BCUT2D eigenvalue weighted by atomic mass is 9.79. The van der Waals surface area contributed by atoms with Gasteiger partial charge in [-0.3, -0.25) is 4.57 Å². The Morgan fingerprint density at radius 3 is 1.92 bits per heavy atom. The Kier molecular flexibility index (Phi) is 10.1. The van der Waals surface area contributed by atoms with E-state index in [4.69, 9.17) is 19.5 Å². The van der Waals surface area contributed by atoms with Crippen LogP contribution < -0.4 is 4.74 Å². The second-order valence-corrected chi connectivity index (χ2v) is 20.1. The third kappa shape index (κ3) is 7.31. The van der Waals surface area contributed by atoms with Gasteiger partial charge >= 0.3 is 0 Å². The lowest BCUT2D eigenvalue weighted by molar-refractivity contribution is 0.0519. The van der Waals surface area contributed by atoms with E-state index in [9.17, 15) is 0 Å². The van der Waals surface area contributed by atoms with Crippen LogP contribution >= 0.6 is 0 Å². The van der Waals surface area contributed by atoms with Crippen molar-refractivity contribution in [3.63, 3.8) is 0 Å². The predicted molar refractivity (Wildman–Crippen MR) is 252 cm³/mol. The molecule has 0 aliphatic carbocycles. The lowest BCUT2D eigenvalue weighted by Gasteiger charge is -2.34. The molecule has 0 unspecified atom stereocenters. The highest BCUT2D eigenvalue weighted by Gasteiger charge is 2.50. The monoisotopic (exact) mass is 795 g/mol. The molecule has 0 amide bonds. The van der Waals surface area contributed by atoms with Gasteiger partial charge in [0.25, 0.3) is 0 Å². The third-order valence-electron chi connectivity index (χ3n) is 12.6. The molecule has 3 heterocycles. The maximum absolute atomic E-state index is 7.15. The average molecular weight is 796 g/mol. The van der Waals surface area contributed by atoms with Crippen molar-refractivity contribution in [2.45, 2.75) is 124 Å². The van der Waals surface area contributed by atoms with Gasteiger partial charge in [0.1, 0.15) is 28.3 Å². The number of aliphatic imine (C=N–C) groups is 1. The molecule has 5 heteroatoms. The van der Waals surface area contributed by atoms with Crippen molar-refractivity contribution in [2.24, 2.45) is 4.99 Å². The van der Waals surface area contributed by atoms with Gasteiger partial charge in [-0.1, -0.05) is 124 Å². The molecule has 0 spiro atoms. The Bertz CT molecular complexity index is 2750. The summed E-state index contributed by atoms with van der Waals surface area (Å²) in [7, 11) is 0. The first-order chi connectivity index (χ1) is 28.2. The first kappa shape index (κ1) is 41.1. The summed E-state index contributed by atoms with van der Waals surface area (Å²) >= 11 is 0. The highest BCUT2D eigenvalue weighted by Crippen LogP contribution is 2.47. The number of nitrogens with zero attached hydrogens (tertiary/aromatic N) is 3. The average Bonchev–Trinajstić information content (AvgIpc) is 3.66. The minimum atomic E-state index is -0.598. The van der Waals surface area contributed by atoms with Crippen molar-refractivity contribution in [2.75, 3.05) is 0 Å². The summed E-state index contributed by atoms with van der Waals surface area (Å²) in [5.41, 5.74) is 11.1. The molecule has 8 rings (SSSR count). The summed E-state index contributed by atoms with van der Waals surface area (Å²) in [5.74, 6) is 2.72. The summed E-state index contributed by atoms with van der Waals surface area (Å²) in [5, 5.41) is 2.33. The molecule has 5 aromatic carbocycles. The predicted octanol–water partition coefficient (Wildman–Crippen LogP) is 15.0. The van der Waals surface area contributed by atoms with Gasteiger partial charge in [-0.2, -0.15) is 0 Å². The molecule has 0 saturated heterocycles. The summed E-state index contributed by atoms with van der Waals surface area (Å²) in [4.78, 5) is 10.4. The van der Waals surface area contributed by atoms with Crippen LogP contribution in [0.5, 0.6) is 11.5 Å². The zero-order valence-electron chi connectivity index (χ0n) is 37.9. The van der Waals surface area contributed by atoms with Crippen LogP contribution in [0.4, 0.5) is 0 Å². The minimum absolute atomic E-state index is 0.0159. The molecule has 1 atom stereocenters. The number of fused-ring (bicyclic) bond motifs is 3. The van der Waals surface area contributed by atoms with E-state index in [1.54, 1.807) is 0 Å². The maximum Gasteiger partial charge on any atom is 0.217 e. The molecule has 7 aromatic rings. The Labute approximate surface area is 357 Å². The van der Waals surface area contributed by atoms with Gasteiger partial charge in [-0.15, -0.1) is 0 Å². The number of hydrogen-bond donors (Lipinski definition) is 0. The standard InChI is InChI=1S/C55H61N3O2/c1-34(2)44-21-17-22-45(35(3)4)49(44)36-27-37(51-57-55(13,54(11,12)60-51)38-19-15-14-16-20-38)29-42(28-36)59-43-31-40(53(8,9)10)30-41(33-43)58-48-25-24-39(52(5,6)7)32-47(48)46-23-18-26-56-50(46)58/h14-35H,1-13H3/t55-/m1/s1. The Morgan fingerprint density at radius 1 is 0.617 bits per heavy atom. The van der Waals surface area contributed by atoms with Crippen LogP contribution in [0.2, 0.25) is 0 Å². The largest absolute Gasteiger partial charge is 0.468 e. The van der Waals surface area contributed by atoms with Gasteiger partial charge in [-0.25, -0.2) is 9.98 Å². The van der Waals surface area contributed by atoms with Crippen molar-refractivity contribution in [3.05, 3.63) is 155 Å². The van der Waals surface area contributed by atoms with Crippen LogP contribution in [0.3, 0.4) is 0 Å². The first-order valence-electron chi connectivity index (χ1n) is 21.6. The normalized spacial score (nSPS) is 16.8. The quantitative estimate of drug-likeness (QED) is 0.154. The van der Waals surface area contributed by atoms with Crippen molar-refractivity contribution in [3.8, 4) is 28.3 Å². The summed E-state index contributed by atoms with van der Waals surface area (Å²) in [6, 6.07) is 41.5. The second kappa shape index (κ2) is 14.8. The van der Waals surface area contributed by atoms with E-state index in [2.05, 4.69) is 198 Å². The highest BCUT2D eigenvalue weighted by molar-refractivity contribution is 6.08. The second-order valence-electron chi connectivity index (χ2n) is 20.1. The summed E-state index contributed by atoms with van der Waals surface area (Å²) < 4.78 is 16.3. The van der Waals surface area contributed by atoms with E-state index in [1.807, 2.05) is 18.3 Å². The number of aromatic nitrogens is 2. The van der Waals surface area contributed by atoms with E-state index in [1.165, 1.54) is 33.2 Å². The van der Waals surface area contributed by atoms with Crippen LogP contribution in [0.15, 0.2) is 126 Å². The van der Waals surface area contributed by atoms with Crippen LogP contribution in [-0.2, 0) is 21.1 Å². The van der Waals surface area contributed by atoms with E-state index >= 15 is 0 Å². The van der Waals surface area contributed by atoms with E-state index in [0.29, 0.717) is 17.7 Å². The minimum Gasteiger partial charge on any atom is -0.468 e. The van der Waals surface area contributed by atoms with Gasteiger partial charge in [0.15, 0.2) is 0 Å². The van der Waals surface area contributed by atoms with E-state index in [0.717, 1.165) is 50.4 Å². The highest BCUT2D eigenvalue weighted by atomic mass is 16.5. The van der Waals surface area contributed by atoms with Gasteiger partial charge in [-0.05, 0) is 137 Å². The molecule has 5 nitrogen and oxygen atoms in total. The van der Waals surface area contributed by atoms with Crippen LogP contribution in [0.25, 0.3) is 38.8 Å². The molecule has 0 radical (unpaired) electrons. The molecular weight excluding hydrogens is 735 g/mol. The van der Waals surface area contributed by atoms with Crippen LogP contribution in [-0.4, -0.2) is 21.0 Å². The molecule has 1 aliphatic rings. The van der Waals surface area contributed by atoms with Gasteiger partial charge < -0.3 is 9.47 Å². The molecule has 0 bridgehead atoms. The molecule has 0 saturated carbocycles. The zero-order valence-corrected chi connectivity index (χ0v) is 37.9. The molecule has 0 N–H and O–H groups in total. The van der Waals surface area contributed by atoms with Crippen molar-refractivity contribution >= 4 is 27.8 Å². The van der Waals surface area contributed by atoms with Gasteiger partial charge in [0.05, 0.1) is 11.2 Å². The van der Waals surface area contributed by atoms with Crippen LogP contribution in [0.1, 0.15) is 135 Å². The first-order valence-corrected chi connectivity index (χ1v) is 21.6. The molecular formula is C55H61N3O2. The van der Waals surface area contributed by atoms with E-state index in [-0.39, 0.29) is 10.8 Å². The number of pyridine rings is 1. The number of rotatable bonds is 8. The zero-order chi connectivity index (χ0) is 42.9. The molecule has 2 aromatic heterocycles. The Balaban J connectivity index is 1.34. The van der Waals surface area contributed by atoms with Crippen molar-refractivity contribution in [1.29, 1.82) is 0 Å².